The Labute approximate surface area is 93.1 Å². The molecule has 1 aliphatic carbocycles. The number of hydrogen-bond donors (Lipinski definition) is 1. The van der Waals surface area contributed by atoms with E-state index in [4.69, 9.17) is 5.11 Å². The second kappa shape index (κ2) is 4.54. The van der Waals surface area contributed by atoms with Crippen LogP contribution in [-0.4, -0.2) is 11.1 Å². The van der Waals surface area contributed by atoms with Gasteiger partial charge in [-0.05, 0) is 36.0 Å². The highest BCUT2D eigenvalue weighted by molar-refractivity contribution is 5.67. The summed E-state index contributed by atoms with van der Waals surface area (Å²) in [5, 5.41) is 8.90. The van der Waals surface area contributed by atoms with Crippen LogP contribution in [-0.2, 0) is 4.79 Å². The summed E-state index contributed by atoms with van der Waals surface area (Å²) in [4.78, 5) is 10.8. The van der Waals surface area contributed by atoms with Crippen LogP contribution in [0.5, 0.6) is 0 Å². The van der Waals surface area contributed by atoms with Gasteiger partial charge < -0.3 is 5.11 Å². The lowest BCUT2D eigenvalue weighted by atomic mass is 9.64. The van der Waals surface area contributed by atoms with Crippen LogP contribution in [0.2, 0.25) is 0 Å². The second-order valence-corrected chi connectivity index (χ2v) is 6.02. The smallest absolute Gasteiger partial charge is 0.303 e. The van der Waals surface area contributed by atoms with Gasteiger partial charge in [0.1, 0.15) is 0 Å². The van der Waals surface area contributed by atoms with Crippen LogP contribution >= 0.6 is 0 Å². The molecule has 1 aliphatic rings. The predicted octanol–water partition coefficient (Wildman–Crippen LogP) is 3.56. The molecular formula is C13H24O2. The quantitative estimate of drug-likeness (QED) is 0.776. The molecule has 0 heterocycles. The van der Waals surface area contributed by atoms with Crippen molar-refractivity contribution in [1.29, 1.82) is 0 Å². The van der Waals surface area contributed by atoms with Gasteiger partial charge in [-0.15, -0.1) is 0 Å². The first kappa shape index (κ1) is 12.5. The summed E-state index contributed by atoms with van der Waals surface area (Å²) in [6, 6.07) is 0. The SMILES string of the molecule is CC1CCC(C(C)(C)CC(=O)O)CC1C. The summed E-state index contributed by atoms with van der Waals surface area (Å²) in [6.07, 6.45) is 3.96. The zero-order valence-electron chi connectivity index (χ0n) is 10.4. The van der Waals surface area contributed by atoms with Gasteiger partial charge in [0.25, 0.3) is 0 Å². The van der Waals surface area contributed by atoms with Gasteiger partial charge in [0.15, 0.2) is 0 Å². The highest BCUT2D eigenvalue weighted by Crippen LogP contribution is 2.44. The van der Waals surface area contributed by atoms with Crippen LogP contribution in [0.25, 0.3) is 0 Å². The lowest BCUT2D eigenvalue weighted by Crippen LogP contribution is -2.33. The molecule has 0 amide bonds. The van der Waals surface area contributed by atoms with Gasteiger partial charge in [0, 0.05) is 0 Å². The number of aliphatic carboxylic acids is 1. The fraction of sp³-hybridized carbons (Fsp3) is 0.923. The average Bonchev–Trinajstić information content (AvgIpc) is 2.07. The number of hydrogen-bond acceptors (Lipinski definition) is 1. The van der Waals surface area contributed by atoms with Crippen LogP contribution in [0.1, 0.15) is 53.4 Å². The molecule has 1 rings (SSSR count). The Morgan fingerprint density at radius 3 is 2.33 bits per heavy atom. The number of carbonyl (C=O) groups is 1. The van der Waals surface area contributed by atoms with E-state index in [2.05, 4.69) is 27.7 Å². The van der Waals surface area contributed by atoms with Gasteiger partial charge >= 0.3 is 5.97 Å². The maximum atomic E-state index is 10.8. The fourth-order valence-corrected chi connectivity index (χ4v) is 2.79. The van der Waals surface area contributed by atoms with Crippen molar-refractivity contribution < 1.29 is 9.90 Å². The normalized spacial score (nSPS) is 32.7. The minimum Gasteiger partial charge on any atom is -0.481 e. The largest absolute Gasteiger partial charge is 0.481 e. The zero-order valence-corrected chi connectivity index (χ0v) is 10.4. The maximum absolute atomic E-state index is 10.8. The van der Waals surface area contributed by atoms with E-state index in [9.17, 15) is 4.79 Å². The molecule has 15 heavy (non-hydrogen) atoms. The van der Waals surface area contributed by atoms with Gasteiger partial charge in [0.05, 0.1) is 6.42 Å². The molecule has 1 fully saturated rings. The Balaban J connectivity index is 2.60. The zero-order chi connectivity index (χ0) is 11.6. The van der Waals surface area contributed by atoms with E-state index in [0.29, 0.717) is 12.3 Å². The van der Waals surface area contributed by atoms with Crippen molar-refractivity contribution in [3.8, 4) is 0 Å². The monoisotopic (exact) mass is 212 g/mol. The van der Waals surface area contributed by atoms with E-state index in [0.717, 1.165) is 11.8 Å². The molecule has 0 aromatic heterocycles. The third-order valence-corrected chi connectivity index (χ3v) is 4.31. The van der Waals surface area contributed by atoms with E-state index in [-0.39, 0.29) is 5.41 Å². The molecule has 3 unspecified atom stereocenters. The van der Waals surface area contributed by atoms with Crippen LogP contribution in [0.3, 0.4) is 0 Å². The van der Waals surface area contributed by atoms with Crippen molar-refractivity contribution in [2.45, 2.75) is 53.4 Å². The van der Waals surface area contributed by atoms with Crippen LogP contribution in [0.15, 0.2) is 0 Å². The highest BCUT2D eigenvalue weighted by atomic mass is 16.4. The third-order valence-electron chi connectivity index (χ3n) is 4.31. The Kier molecular flexibility index (Phi) is 3.80. The molecule has 1 N–H and O–H groups in total. The van der Waals surface area contributed by atoms with Gasteiger partial charge in [-0.1, -0.05) is 34.1 Å². The molecule has 2 nitrogen and oxygen atoms in total. The number of carboxylic acids is 1. The van der Waals surface area contributed by atoms with E-state index < -0.39 is 5.97 Å². The van der Waals surface area contributed by atoms with Gasteiger partial charge in [0.2, 0.25) is 0 Å². The second-order valence-electron chi connectivity index (χ2n) is 6.02. The summed E-state index contributed by atoms with van der Waals surface area (Å²) in [7, 11) is 0. The van der Waals surface area contributed by atoms with E-state index in [1.807, 2.05) is 0 Å². The first-order chi connectivity index (χ1) is 6.83. The molecular weight excluding hydrogens is 188 g/mol. The molecule has 1 saturated carbocycles. The van der Waals surface area contributed by atoms with Crippen molar-refractivity contribution in [3.63, 3.8) is 0 Å². The van der Waals surface area contributed by atoms with Crippen molar-refractivity contribution in [2.75, 3.05) is 0 Å². The molecule has 2 heteroatoms. The molecule has 88 valence electrons. The number of rotatable bonds is 3. The Morgan fingerprint density at radius 2 is 1.87 bits per heavy atom. The summed E-state index contributed by atoms with van der Waals surface area (Å²) in [6.45, 7) is 8.82. The lowest BCUT2D eigenvalue weighted by molar-refractivity contribution is -0.140. The summed E-state index contributed by atoms with van der Waals surface area (Å²) < 4.78 is 0. The van der Waals surface area contributed by atoms with Crippen molar-refractivity contribution >= 4 is 5.97 Å². The summed E-state index contributed by atoms with van der Waals surface area (Å²) >= 11 is 0. The standard InChI is InChI=1S/C13H24O2/c1-9-5-6-11(7-10(9)2)13(3,4)8-12(14)15/h9-11H,5-8H2,1-4H3,(H,14,15). The van der Waals surface area contributed by atoms with Crippen molar-refractivity contribution in [1.82, 2.24) is 0 Å². The minimum absolute atomic E-state index is 0.0414. The van der Waals surface area contributed by atoms with E-state index >= 15 is 0 Å². The minimum atomic E-state index is -0.661. The van der Waals surface area contributed by atoms with Crippen LogP contribution in [0, 0.1) is 23.2 Å². The van der Waals surface area contributed by atoms with Crippen LogP contribution < -0.4 is 0 Å². The molecule has 0 spiro atoms. The maximum Gasteiger partial charge on any atom is 0.303 e. The first-order valence-corrected chi connectivity index (χ1v) is 6.04. The Bertz CT molecular complexity index is 233. The first-order valence-electron chi connectivity index (χ1n) is 6.04. The molecule has 0 bridgehead atoms. The van der Waals surface area contributed by atoms with E-state index in [1.165, 1.54) is 19.3 Å². The molecule has 0 aromatic carbocycles. The molecule has 3 atom stereocenters. The lowest BCUT2D eigenvalue weighted by Gasteiger charge is -2.40. The molecule has 0 aromatic rings. The van der Waals surface area contributed by atoms with Gasteiger partial charge in [-0.3, -0.25) is 4.79 Å². The van der Waals surface area contributed by atoms with Crippen molar-refractivity contribution in [3.05, 3.63) is 0 Å². The summed E-state index contributed by atoms with van der Waals surface area (Å²) in [5.41, 5.74) is -0.0414. The highest BCUT2D eigenvalue weighted by Gasteiger charge is 2.36. The number of carboxylic acid groups (broad SMARTS) is 1. The molecule has 0 radical (unpaired) electrons. The Morgan fingerprint density at radius 1 is 1.27 bits per heavy atom. The molecule has 0 aliphatic heterocycles. The predicted molar refractivity (Wildman–Crippen MR) is 61.7 cm³/mol. The topological polar surface area (TPSA) is 37.3 Å². The van der Waals surface area contributed by atoms with Gasteiger partial charge in [-0.2, -0.15) is 0 Å². The van der Waals surface area contributed by atoms with E-state index in [1.54, 1.807) is 0 Å². The van der Waals surface area contributed by atoms with Gasteiger partial charge in [-0.25, -0.2) is 0 Å². The third kappa shape index (κ3) is 3.22. The Hall–Kier alpha value is -0.530. The summed E-state index contributed by atoms with van der Waals surface area (Å²) in [5.74, 6) is 1.48. The van der Waals surface area contributed by atoms with Crippen molar-refractivity contribution in [2.24, 2.45) is 23.2 Å². The fourth-order valence-electron chi connectivity index (χ4n) is 2.79. The average molecular weight is 212 g/mol. The molecule has 0 saturated heterocycles. The van der Waals surface area contributed by atoms with Crippen LogP contribution in [0.4, 0.5) is 0 Å².